The lowest BCUT2D eigenvalue weighted by Gasteiger charge is -2.29. The molecule has 102 valence electrons. The Morgan fingerprint density at radius 3 is 2.61 bits per heavy atom. The third-order valence-electron chi connectivity index (χ3n) is 2.91. The second-order valence-electron chi connectivity index (χ2n) is 5.00. The molecule has 0 aliphatic heterocycles. The van der Waals surface area contributed by atoms with Crippen molar-refractivity contribution in [3.05, 3.63) is 30.1 Å². The second-order valence-corrected chi connectivity index (χ2v) is 6.84. The summed E-state index contributed by atoms with van der Waals surface area (Å²) in [6, 6.07) is 5.19. The Morgan fingerprint density at radius 2 is 2.11 bits per heavy atom. The lowest BCUT2D eigenvalue weighted by molar-refractivity contribution is 0.387. The maximum atomic E-state index is 11.9. The summed E-state index contributed by atoms with van der Waals surface area (Å²) < 4.78 is 26.5. The molecule has 5 nitrogen and oxygen atoms in total. The highest BCUT2D eigenvalue weighted by molar-refractivity contribution is 7.89. The van der Waals surface area contributed by atoms with Crippen molar-refractivity contribution in [3.8, 4) is 0 Å². The predicted molar refractivity (Wildman–Crippen MR) is 72.6 cm³/mol. The Hall–Kier alpha value is -0.980. The van der Waals surface area contributed by atoms with Gasteiger partial charge >= 0.3 is 0 Å². The van der Waals surface area contributed by atoms with E-state index in [1.165, 1.54) is 0 Å². The largest absolute Gasteiger partial charge is 0.326 e. The minimum Gasteiger partial charge on any atom is -0.326 e. The number of hydrogen-bond donors (Lipinski definition) is 2. The molecule has 0 saturated heterocycles. The van der Waals surface area contributed by atoms with Gasteiger partial charge in [-0.15, -0.1) is 0 Å². The van der Waals surface area contributed by atoms with E-state index in [4.69, 9.17) is 5.73 Å². The van der Waals surface area contributed by atoms with Gasteiger partial charge in [-0.2, -0.15) is 0 Å². The summed E-state index contributed by atoms with van der Waals surface area (Å²) in [5.74, 6) is 0.0141. The number of rotatable bonds is 6. The van der Waals surface area contributed by atoms with Gasteiger partial charge in [0.1, 0.15) is 0 Å². The molecule has 0 saturated carbocycles. The van der Waals surface area contributed by atoms with E-state index in [0.717, 1.165) is 5.69 Å². The van der Waals surface area contributed by atoms with Gasteiger partial charge in [-0.3, -0.25) is 4.98 Å². The Balaban J connectivity index is 2.61. The molecule has 6 heteroatoms. The summed E-state index contributed by atoms with van der Waals surface area (Å²) in [6.45, 7) is 5.33. The number of pyridine rings is 1. The molecule has 1 aromatic heterocycles. The number of hydrogen-bond acceptors (Lipinski definition) is 4. The van der Waals surface area contributed by atoms with E-state index in [0.29, 0.717) is 6.42 Å². The van der Waals surface area contributed by atoms with Crippen molar-refractivity contribution < 1.29 is 8.42 Å². The fraction of sp³-hybridized carbons (Fsp3) is 0.583. The summed E-state index contributed by atoms with van der Waals surface area (Å²) >= 11 is 0. The van der Waals surface area contributed by atoms with Gasteiger partial charge in [0.2, 0.25) is 10.0 Å². The summed E-state index contributed by atoms with van der Waals surface area (Å²) in [5.41, 5.74) is 5.86. The second kappa shape index (κ2) is 5.77. The molecule has 0 aliphatic carbocycles. The molecule has 0 radical (unpaired) electrons. The third-order valence-corrected chi connectivity index (χ3v) is 4.49. The third kappa shape index (κ3) is 4.72. The molecular weight excluding hydrogens is 250 g/mol. The number of aryl methyl sites for hydroxylation is 1. The first-order valence-corrected chi connectivity index (χ1v) is 7.55. The minimum atomic E-state index is -3.35. The van der Waals surface area contributed by atoms with Crippen LogP contribution in [0.5, 0.6) is 0 Å². The van der Waals surface area contributed by atoms with Crippen LogP contribution in [0, 0.1) is 0 Å². The molecule has 0 fully saturated rings. The quantitative estimate of drug-likeness (QED) is 0.796. The molecule has 1 unspecified atom stereocenters. The molecule has 1 aromatic rings. The Labute approximate surface area is 109 Å². The molecule has 0 bridgehead atoms. The summed E-state index contributed by atoms with van der Waals surface area (Å²) in [6.07, 6.45) is 2.05. The molecule has 0 aliphatic rings. The lowest BCUT2D eigenvalue weighted by atomic mass is 9.99. The van der Waals surface area contributed by atoms with Gasteiger partial charge in [0.05, 0.1) is 5.75 Å². The monoisotopic (exact) mass is 271 g/mol. The Morgan fingerprint density at radius 1 is 1.44 bits per heavy atom. The Bertz CT molecular complexity index is 469. The average molecular weight is 271 g/mol. The predicted octanol–water partition coefficient (Wildman–Crippen LogP) is 0.669. The number of aromatic nitrogens is 1. The highest BCUT2D eigenvalue weighted by Crippen LogP contribution is 2.09. The zero-order valence-corrected chi connectivity index (χ0v) is 11.9. The SMILES string of the molecule is CC(N)C(C)(C)NS(=O)(=O)CCc1ccccn1. The van der Waals surface area contributed by atoms with Crippen molar-refractivity contribution >= 4 is 10.0 Å². The van der Waals surface area contributed by atoms with Crippen molar-refractivity contribution in [1.29, 1.82) is 0 Å². The van der Waals surface area contributed by atoms with Crippen molar-refractivity contribution in [2.24, 2.45) is 5.73 Å². The average Bonchev–Trinajstić information content (AvgIpc) is 2.26. The molecule has 1 heterocycles. The van der Waals surface area contributed by atoms with Gasteiger partial charge in [-0.05, 0) is 32.9 Å². The van der Waals surface area contributed by atoms with Gasteiger partial charge in [0.15, 0.2) is 0 Å². The normalized spacial score (nSPS) is 14.4. The van der Waals surface area contributed by atoms with E-state index in [1.54, 1.807) is 33.0 Å². The molecule has 3 N–H and O–H groups in total. The number of sulfonamides is 1. The summed E-state index contributed by atoms with van der Waals surface area (Å²) in [4.78, 5) is 4.10. The van der Waals surface area contributed by atoms with Crippen molar-refractivity contribution in [3.63, 3.8) is 0 Å². The molecule has 0 spiro atoms. The smallest absolute Gasteiger partial charge is 0.212 e. The number of nitrogens with two attached hydrogens (primary N) is 1. The van der Waals surface area contributed by atoms with Gasteiger partial charge in [0, 0.05) is 29.9 Å². The van der Waals surface area contributed by atoms with Crippen LogP contribution in [0.4, 0.5) is 0 Å². The molecule has 1 rings (SSSR count). The zero-order valence-electron chi connectivity index (χ0n) is 11.1. The summed E-state index contributed by atoms with van der Waals surface area (Å²) in [5, 5.41) is 0. The maximum absolute atomic E-state index is 11.9. The highest BCUT2D eigenvalue weighted by Gasteiger charge is 2.28. The van der Waals surface area contributed by atoms with Crippen LogP contribution in [0.2, 0.25) is 0 Å². The van der Waals surface area contributed by atoms with Crippen LogP contribution in [-0.2, 0) is 16.4 Å². The van der Waals surface area contributed by atoms with Crippen molar-refractivity contribution in [1.82, 2.24) is 9.71 Å². The van der Waals surface area contributed by atoms with Gasteiger partial charge in [-0.1, -0.05) is 6.07 Å². The molecular formula is C12H21N3O2S. The van der Waals surface area contributed by atoms with Crippen LogP contribution < -0.4 is 10.5 Å². The standard InChI is InChI=1S/C12H21N3O2S/c1-10(13)12(2,3)15-18(16,17)9-7-11-6-4-5-8-14-11/h4-6,8,10,15H,7,9,13H2,1-3H3. The van der Waals surface area contributed by atoms with Crippen molar-refractivity contribution in [2.75, 3.05) is 5.75 Å². The van der Waals surface area contributed by atoms with E-state index in [-0.39, 0.29) is 11.8 Å². The van der Waals surface area contributed by atoms with Crippen LogP contribution in [0.1, 0.15) is 26.5 Å². The minimum absolute atomic E-state index is 0.0141. The fourth-order valence-corrected chi connectivity index (χ4v) is 2.90. The van der Waals surface area contributed by atoms with E-state index in [2.05, 4.69) is 9.71 Å². The van der Waals surface area contributed by atoms with Crippen LogP contribution in [0.15, 0.2) is 24.4 Å². The molecule has 1 atom stereocenters. The van der Waals surface area contributed by atoms with Crippen LogP contribution in [0.25, 0.3) is 0 Å². The highest BCUT2D eigenvalue weighted by atomic mass is 32.2. The topological polar surface area (TPSA) is 85.1 Å². The fourth-order valence-electron chi connectivity index (χ4n) is 1.33. The van der Waals surface area contributed by atoms with E-state index < -0.39 is 15.6 Å². The van der Waals surface area contributed by atoms with Gasteiger partial charge in [0.25, 0.3) is 0 Å². The van der Waals surface area contributed by atoms with Gasteiger partial charge < -0.3 is 5.73 Å². The van der Waals surface area contributed by atoms with E-state index in [9.17, 15) is 8.42 Å². The first-order valence-electron chi connectivity index (χ1n) is 5.90. The first-order chi connectivity index (χ1) is 8.23. The van der Waals surface area contributed by atoms with Crippen LogP contribution in [0.3, 0.4) is 0 Å². The molecule has 0 aromatic carbocycles. The van der Waals surface area contributed by atoms with E-state index >= 15 is 0 Å². The molecule has 0 amide bonds. The molecule has 18 heavy (non-hydrogen) atoms. The Kier molecular flexibility index (Phi) is 4.84. The first kappa shape index (κ1) is 15.1. The summed E-state index contributed by atoms with van der Waals surface area (Å²) in [7, 11) is -3.35. The van der Waals surface area contributed by atoms with Gasteiger partial charge in [-0.25, -0.2) is 13.1 Å². The maximum Gasteiger partial charge on any atom is 0.212 e. The number of nitrogens with zero attached hydrogens (tertiary/aromatic N) is 1. The lowest BCUT2D eigenvalue weighted by Crippen LogP contribution is -2.55. The zero-order chi connectivity index (χ0) is 13.8. The van der Waals surface area contributed by atoms with Crippen LogP contribution >= 0.6 is 0 Å². The van der Waals surface area contributed by atoms with E-state index in [1.807, 2.05) is 12.1 Å². The van der Waals surface area contributed by atoms with Crippen molar-refractivity contribution in [2.45, 2.75) is 38.8 Å². The number of nitrogens with one attached hydrogen (secondary N) is 1. The van der Waals surface area contributed by atoms with Crippen LogP contribution in [-0.4, -0.2) is 30.7 Å².